The summed E-state index contributed by atoms with van der Waals surface area (Å²) in [5.74, 6) is 0. The minimum atomic E-state index is -1.72. The molecule has 0 fully saturated rings. The van der Waals surface area contributed by atoms with Crippen LogP contribution in [0.2, 0.25) is 21.0 Å². The van der Waals surface area contributed by atoms with E-state index in [2.05, 4.69) is 63.2 Å². The van der Waals surface area contributed by atoms with Crippen LogP contribution in [0.15, 0.2) is 0 Å². The van der Waals surface area contributed by atoms with E-state index >= 15 is 0 Å². The van der Waals surface area contributed by atoms with Crippen LogP contribution in [0, 0.1) is 0 Å². The summed E-state index contributed by atoms with van der Waals surface area (Å²) in [5.41, 5.74) is 0. The van der Waals surface area contributed by atoms with Gasteiger partial charge >= 0.3 is 176 Å². The molecule has 0 aromatic carbocycles. The zero-order valence-electron chi connectivity index (χ0n) is 20.2. The molecule has 0 radical (unpaired) electrons. The number of hydrogen-bond donors (Lipinski definition) is 0. The Hall–Kier alpha value is 0.423. The molecule has 0 unspecified atom stereocenters. The van der Waals surface area contributed by atoms with Gasteiger partial charge in [0, 0.05) is 0 Å². The maximum atomic E-state index is 2.62. The Balaban J connectivity index is 4.74. The first-order chi connectivity index (χ1) is 13.0. The van der Waals surface area contributed by atoms with Crippen LogP contribution in [0.25, 0.3) is 0 Å². The molecule has 0 rings (SSSR count). The zero-order chi connectivity index (χ0) is 20.5. The monoisotopic (exact) mass is 445 g/mol. The molecule has 0 aromatic rings. The fourth-order valence-electron chi connectivity index (χ4n) is 4.56. The van der Waals surface area contributed by atoms with Gasteiger partial charge in [-0.05, 0) is 0 Å². The third-order valence-electron chi connectivity index (χ3n) is 6.98. The van der Waals surface area contributed by atoms with E-state index in [0.29, 0.717) is 0 Å². The first kappa shape index (κ1) is 27.4. The van der Waals surface area contributed by atoms with E-state index < -0.39 is 13.3 Å². The third kappa shape index (κ3) is 11.9. The van der Waals surface area contributed by atoms with E-state index in [0.717, 1.165) is 0 Å². The minimum absolute atomic E-state index is 1.21. The van der Waals surface area contributed by atoms with Crippen molar-refractivity contribution in [2.75, 3.05) is 58.9 Å². The number of hydrogen-bond acceptors (Lipinski definition) is 3. The zero-order valence-corrected chi connectivity index (χ0v) is 22.3. The van der Waals surface area contributed by atoms with Gasteiger partial charge in [-0.3, -0.25) is 0 Å². The van der Waals surface area contributed by atoms with Gasteiger partial charge in [0.15, 0.2) is 0 Å². The van der Waals surface area contributed by atoms with E-state index in [9.17, 15) is 0 Å². The molecule has 0 N–H and O–H groups in total. The summed E-state index contributed by atoms with van der Waals surface area (Å²) in [6, 6.07) is 0. The standard InChI is InChI=1S/C23H53GeN3/c1-8-24(18-15-21-25(9-2)10-3,19-16-22-26(11-4)12-5)20-17-23-27(13-6)14-7/h8-23H2,1-7H3. The van der Waals surface area contributed by atoms with Gasteiger partial charge in [-0.15, -0.1) is 0 Å². The second kappa shape index (κ2) is 17.3. The molecule has 0 atom stereocenters. The molecule has 0 bridgehead atoms. The van der Waals surface area contributed by atoms with Crippen LogP contribution in [-0.4, -0.2) is 86.9 Å². The van der Waals surface area contributed by atoms with Gasteiger partial charge in [0.25, 0.3) is 0 Å². The van der Waals surface area contributed by atoms with Crippen LogP contribution in [0.4, 0.5) is 0 Å². The average molecular weight is 444 g/mol. The summed E-state index contributed by atoms with van der Waals surface area (Å²) < 4.78 is 0. The fraction of sp³-hybridized carbons (Fsp3) is 1.00. The summed E-state index contributed by atoms with van der Waals surface area (Å²) in [4.78, 5) is 7.86. The normalized spacial score (nSPS) is 12.7. The first-order valence-corrected chi connectivity index (χ1v) is 18.1. The molecule has 4 heteroatoms. The van der Waals surface area contributed by atoms with Gasteiger partial charge in [0.2, 0.25) is 0 Å². The van der Waals surface area contributed by atoms with E-state index in [-0.39, 0.29) is 0 Å². The summed E-state index contributed by atoms with van der Waals surface area (Å²) in [6.45, 7) is 27.7. The van der Waals surface area contributed by atoms with E-state index in [4.69, 9.17) is 0 Å². The summed E-state index contributed by atoms with van der Waals surface area (Å²) in [5, 5.41) is 6.34. The third-order valence-corrected chi connectivity index (χ3v) is 19.0. The van der Waals surface area contributed by atoms with E-state index in [1.807, 2.05) is 0 Å². The van der Waals surface area contributed by atoms with E-state index in [1.165, 1.54) is 83.4 Å². The Labute approximate surface area is 175 Å². The van der Waals surface area contributed by atoms with Crippen molar-refractivity contribution in [2.24, 2.45) is 0 Å². The molecule has 0 heterocycles. The molecule has 0 aliphatic heterocycles. The molecule has 0 saturated carbocycles. The molecule has 3 nitrogen and oxygen atoms in total. The van der Waals surface area contributed by atoms with Gasteiger partial charge in [-0.2, -0.15) is 0 Å². The van der Waals surface area contributed by atoms with Crippen molar-refractivity contribution in [2.45, 2.75) is 88.7 Å². The average Bonchev–Trinajstić information content (AvgIpc) is 2.71. The van der Waals surface area contributed by atoms with Crippen LogP contribution in [-0.2, 0) is 0 Å². The van der Waals surface area contributed by atoms with Gasteiger partial charge in [-0.25, -0.2) is 0 Å². The van der Waals surface area contributed by atoms with Crippen LogP contribution in [0.1, 0.15) is 67.7 Å². The molecular weight excluding hydrogens is 391 g/mol. The van der Waals surface area contributed by atoms with Crippen LogP contribution in [0.5, 0.6) is 0 Å². The molecule has 27 heavy (non-hydrogen) atoms. The second-order valence-electron chi connectivity index (χ2n) is 8.24. The Bertz CT molecular complexity index is 267. The number of rotatable bonds is 19. The molecule has 164 valence electrons. The Kier molecular flexibility index (Phi) is 17.6. The Morgan fingerprint density at radius 2 is 0.704 bits per heavy atom. The first-order valence-electron chi connectivity index (χ1n) is 12.2. The van der Waals surface area contributed by atoms with Crippen molar-refractivity contribution >= 4 is 13.3 Å². The van der Waals surface area contributed by atoms with Crippen LogP contribution < -0.4 is 0 Å². The second-order valence-corrected chi connectivity index (χ2v) is 19.2. The van der Waals surface area contributed by atoms with Crippen LogP contribution >= 0.6 is 0 Å². The van der Waals surface area contributed by atoms with Crippen molar-refractivity contribution < 1.29 is 0 Å². The Morgan fingerprint density at radius 3 is 0.889 bits per heavy atom. The van der Waals surface area contributed by atoms with Crippen molar-refractivity contribution in [1.29, 1.82) is 0 Å². The topological polar surface area (TPSA) is 9.72 Å². The summed E-state index contributed by atoms with van der Waals surface area (Å²) >= 11 is -1.72. The van der Waals surface area contributed by atoms with Crippen molar-refractivity contribution in [3.8, 4) is 0 Å². The quantitative estimate of drug-likeness (QED) is 0.239. The predicted molar refractivity (Wildman–Crippen MR) is 128 cm³/mol. The molecule has 0 spiro atoms. The van der Waals surface area contributed by atoms with Crippen molar-refractivity contribution in [3.63, 3.8) is 0 Å². The molecule has 0 aliphatic carbocycles. The summed E-state index contributed by atoms with van der Waals surface area (Å²) in [7, 11) is 0. The Morgan fingerprint density at radius 1 is 0.444 bits per heavy atom. The van der Waals surface area contributed by atoms with E-state index in [1.54, 1.807) is 15.8 Å². The molecule has 0 amide bonds. The molecular formula is C23H53GeN3. The van der Waals surface area contributed by atoms with Gasteiger partial charge in [0.1, 0.15) is 0 Å². The summed E-state index contributed by atoms with van der Waals surface area (Å²) in [6.07, 6.45) is 4.35. The van der Waals surface area contributed by atoms with Gasteiger partial charge in [0.05, 0.1) is 0 Å². The van der Waals surface area contributed by atoms with Crippen LogP contribution in [0.3, 0.4) is 0 Å². The molecule has 0 saturated heterocycles. The van der Waals surface area contributed by atoms with Crippen molar-refractivity contribution in [3.05, 3.63) is 0 Å². The SMILES string of the molecule is CCN(CC)CC[CH2][Ge]([CH2]C)([CH2]CCN(CC)CC)[CH2]CCN(CC)CC. The van der Waals surface area contributed by atoms with Gasteiger partial charge in [-0.1, -0.05) is 0 Å². The molecule has 0 aromatic heterocycles. The fourth-order valence-corrected chi connectivity index (χ4v) is 14.1. The molecule has 0 aliphatic rings. The van der Waals surface area contributed by atoms with Gasteiger partial charge < -0.3 is 0 Å². The maximum absolute atomic E-state index is 2.62. The number of nitrogens with zero attached hydrogens (tertiary/aromatic N) is 3. The van der Waals surface area contributed by atoms with Crippen molar-refractivity contribution in [1.82, 2.24) is 14.7 Å². The predicted octanol–water partition coefficient (Wildman–Crippen LogP) is 5.65.